The highest BCUT2D eigenvalue weighted by Crippen LogP contribution is 2.48. The minimum atomic E-state index is -0.582. The molecule has 118 valence electrons. The number of nitrogens with two attached hydrogens (primary N) is 1. The molecule has 0 aromatic carbocycles. The zero-order valence-electron chi connectivity index (χ0n) is 12.6. The SMILES string of the molecule is NCC1=C(C2CCC(F)CC2)NC2SC3CCCCC3N12. The summed E-state index contributed by atoms with van der Waals surface area (Å²) in [5.74, 6) is 0.504. The van der Waals surface area contributed by atoms with E-state index in [1.54, 1.807) is 0 Å². The summed E-state index contributed by atoms with van der Waals surface area (Å²) in [7, 11) is 0. The van der Waals surface area contributed by atoms with Crippen molar-refractivity contribution in [2.45, 2.75) is 74.3 Å². The van der Waals surface area contributed by atoms with Crippen molar-refractivity contribution in [2.24, 2.45) is 11.7 Å². The molecule has 4 rings (SSSR count). The van der Waals surface area contributed by atoms with E-state index in [-0.39, 0.29) is 0 Å². The molecule has 0 radical (unpaired) electrons. The monoisotopic (exact) mass is 311 g/mol. The van der Waals surface area contributed by atoms with Gasteiger partial charge in [-0.2, -0.15) is 0 Å². The molecule has 3 atom stereocenters. The van der Waals surface area contributed by atoms with Crippen LogP contribution in [-0.4, -0.2) is 34.4 Å². The Morgan fingerprint density at radius 1 is 1.14 bits per heavy atom. The zero-order valence-corrected chi connectivity index (χ0v) is 13.4. The van der Waals surface area contributed by atoms with Gasteiger partial charge >= 0.3 is 0 Å². The van der Waals surface area contributed by atoms with E-state index in [0.717, 1.165) is 30.9 Å². The number of allylic oxidation sites excluding steroid dienone is 1. The second-order valence-electron chi connectivity index (χ2n) is 6.94. The average molecular weight is 311 g/mol. The lowest BCUT2D eigenvalue weighted by molar-refractivity contribution is 0.219. The summed E-state index contributed by atoms with van der Waals surface area (Å²) in [4.78, 5) is 2.59. The van der Waals surface area contributed by atoms with Crippen LogP contribution in [0.4, 0.5) is 4.39 Å². The fraction of sp³-hybridized carbons (Fsp3) is 0.875. The molecule has 3 unspecified atom stereocenters. The van der Waals surface area contributed by atoms with Crippen molar-refractivity contribution in [2.75, 3.05) is 6.54 Å². The van der Waals surface area contributed by atoms with Crippen LogP contribution in [0.25, 0.3) is 0 Å². The molecule has 2 heterocycles. The fourth-order valence-electron chi connectivity index (χ4n) is 4.67. The summed E-state index contributed by atoms with van der Waals surface area (Å²) < 4.78 is 13.4. The van der Waals surface area contributed by atoms with E-state index >= 15 is 0 Å². The Morgan fingerprint density at radius 3 is 2.67 bits per heavy atom. The third-order valence-corrected chi connectivity index (χ3v) is 7.24. The van der Waals surface area contributed by atoms with Crippen LogP contribution in [0.3, 0.4) is 0 Å². The lowest BCUT2D eigenvalue weighted by Gasteiger charge is -2.33. The first-order chi connectivity index (χ1) is 10.3. The second-order valence-corrected chi connectivity index (χ2v) is 8.27. The molecule has 3 fully saturated rings. The predicted molar refractivity (Wildman–Crippen MR) is 85.3 cm³/mol. The van der Waals surface area contributed by atoms with Crippen molar-refractivity contribution in [3.05, 3.63) is 11.4 Å². The maximum Gasteiger partial charge on any atom is 0.148 e. The van der Waals surface area contributed by atoms with Gasteiger partial charge in [-0.15, -0.1) is 11.8 Å². The molecule has 0 bridgehead atoms. The number of hydrogen-bond donors (Lipinski definition) is 2. The van der Waals surface area contributed by atoms with Gasteiger partial charge in [0.2, 0.25) is 0 Å². The van der Waals surface area contributed by atoms with Gasteiger partial charge in [0.1, 0.15) is 11.7 Å². The number of nitrogens with zero attached hydrogens (tertiary/aromatic N) is 1. The van der Waals surface area contributed by atoms with Crippen LogP contribution < -0.4 is 11.1 Å². The van der Waals surface area contributed by atoms with Gasteiger partial charge < -0.3 is 16.0 Å². The lowest BCUT2D eigenvalue weighted by atomic mass is 9.85. The highest BCUT2D eigenvalue weighted by molar-refractivity contribution is 8.00. The molecular weight excluding hydrogens is 285 g/mol. The van der Waals surface area contributed by atoms with Gasteiger partial charge in [-0.3, -0.25) is 0 Å². The van der Waals surface area contributed by atoms with Gasteiger partial charge in [0.25, 0.3) is 0 Å². The van der Waals surface area contributed by atoms with Gasteiger partial charge in [-0.1, -0.05) is 12.8 Å². The Bertz CT molecular complexity index is 433. The molecule has 21 heavy (non-hydrogen) atoms. The zero-order chi connectivity index (χ0) is 14.4. The van der Waals surface area contributed by atoms with E-state index < -0.39 is 6.17 Å². The number of hydrogen-bond acceptors (Lipinski definition) is 4. The number of nitrogens with one attached hydrogen (secondary N) is 1. The van der Waals surface area contributed by atoms with E-state index in [4.69, 9.17) is 5.73 Å². The van der Waals surface area contributed by atoms with Gasteiger partial charge in [-0.25, -0.2) is 4.39 Å². The van der Waals surface area contributed by atoms with Gasteiger partial charge in [0, 0.05) is 35.1 Å². The first kappa shape index (κ1) is 14.2. The van der Waals surface area contributed by atoms with Gasteiger partial charge in [0.15, 0.2) is 0 Å². The van der Waals surface area contributed by atoms with Gasteiger partial charge in [0.05, 0.1) is 0 Å². The average Bonchev–Trinajstić information content (AvgIpc) is 3.03. The number of alkyl halides is 1. The van der Waals surface area contributed by atoms with Crippen LogP contribution in [-0.2, 0) is 0 Å². The predicted octanol–water partition coefficient (Wildman–Crippen LogP) is 2.93. The first-order valence-corrected chi connectivity index (χ1v) is 9.49. The summed E-state index contributed by atoms with van der Waals surface area (Å²) >= 11 is 2.10. The molecule has 0 aromatic heterocycles. The molecule has 5 heteroatoms. The molecule has 2 aliphatic heterocycles. The Morgan fingerprint density at radius 2 is 1.90 bits per heavy atom. The first-order valence-electron chi connectivity index (χ1n) is 8.55. The highest BCUT2D eigenvalue weighted by atomic mass is 32.2. The third kappa shape index (κ3) is 2.37. The standard InChI is InChI=1S/C16H26FN3S/c17-11-7-5-10(6-8-11)15-13(9-18)20-12-3-1-2-4-14(12)21-16(20)19-15/h10-12,14,16,19H,1-9,18H2. The normalized spacial score (nSPS) is 42.8. The molecule has 4 aliphatic rings. The maximum atomic E-state index is 13.4. The summed E-state index contributed by atoms with van der Waals surface area (Å²) in [5, 5.41) is 4.54. The Balaban J connectivity index is 1.56. The van der Waals surface area contributed by atoms with E-state index in [1.807, 2.05) is 0 Å². The van der Waals surface area contributed by atoms with E-state index in [0.29, 0.717) is 24.0 Å². The quantitative estimate of drug-likeness (QED) is 0.823. The third-order valence-electron chi connectivity index (χ3n) is 5.74. The van der Waals surface area contributed by atoms with Crippen LogP contribution in [0.5, 0.6) is 0 Å². The van der Waals surface area contributed by atoms with E-state index in [9.17, 15) is 4.39 Å². The minimum Gasteiger partial charge on any atom is -0.358 e. The molecular formula is C16H26FN3S. The van der Waals surface area contributed by atoms with Crippen molar-refractivity contribution in [1.82, 2.24) is 10.2 Å². The molecule has 0 spiro atoms. The number of fused-ring (bicyclic) bond motifs is 3. The van der Waals surface area contributed by atoms with Crippen molar-refractivity contribution in [3.8, 4) is 0 Å². The topological polar surface area (TPSA) is 41.3 Å². The summed E-state index contributed by atoms with van der Waals surface area (Å²) in [6, 6.07) is 0.676. The minimum absolute atomic E-state index is 0.398. The lowest BCUT2D eigenvalue weighted by Crippen LogP contribution is -2.40. The molecule has 3 nitrogen and oxygen atoms in total. The van der Waals surface area contributed by atoms with Crippen molar-refractivity contribution < 1.29 is 4.39 Å². The number of thioether (sulfide) groups is 1. The molecule has 0 aromatic rings. The van der Waals surface area contributed by atoms with E-state index in [1.165, 1.54) is 37.1 Å². The molecule has 2 aliphatic carbocycles. The Labute approximate surface area is 130 Å². The largest absolute Gasteiger partial charge is 0.358 e. The van der Waals surface area contributed by atoms with Crippen LogP contribution in [0.15, 0.2) is 11.4 Å². The van der Waals surface area contributed by atoms with Crippen LogP contribution >= 0.6 is 11.8 Å². The smallest absolute Gasteiger partial charge is 0.148 e. The number of rotatable bonds is 2. The molecule has 0 amide bonds. The summed E-state index contributed by atoms with van der Waals surface area (Å²) in [5.41, 5.74) is 9.20. The second kappa shape index (κ2) is 5.65. The Kier molecular flexibility index (Phi) is 3.82. The molecule has 3 N–H and O–H groups in total. The van der Waals surface area contributed by atoms with Crippen LogP contribution in [0.2, 0.25) is 0 Å². The van der Waals surface area contributed by atoms with Gasteiger partial charge in [-0.05, 0) is 38.5 Å². The fourth-order valence-corrected chi connectivity index (χ4v) is 6.36. The molecule has 2 saturated carbocycles. The van der Waals surface area contributed by atoms with Crippen molar-refractivity contribution in [3.63, 3.8) is 0 Å². The molecule has 1 saturated heterocycles. The van der Waals surface area contributed by atoms with Crippen LogP contribution in [0.1, 0.15) is 51.4 Å². The van der Waals surface area contributed by atoms with Crippen molar-refractivity contribution in [1.29, 1.82) is 0 Å². The number of halogens is 1. The maximum absolute atomic E-state index is 13.4. The highest BCUT2D eigenvalue weighted by Gasteiger charge is 2.48. The Hall–Kier alpha value is -0.420. The van der Waals surface area contributed by atoms with Crippen LogP contribution in [0, 0.1) is 5.92 Å². The summed E-state index contributed by atoms with van der Waals surface area (Å²) in [6.45, 7) is 0.623. The van der Waals surface area contributed by atoms with E-state index in [2.05, 4.69) is 22.0 Å². The summed E-state index contributed by atoms with van der Waals surface area (Å²) in [6.07, 6.45) is 8.21. The van der Waals surface area contributed by atoms with Crippen molar-refractivity contribution >= 4 is 11.8 Å².